The van der Waals surface area contributed by atoms with Crippen LogP contribution in [0.15, 0.2) is 42.5 Å². The zero-order valence-corrected chi connectivity index (χ0v) is 12.1. The molecule has 1 atom stereocenters. The van der Waals surface area contributed by atoms with E-state index in [4.69, 9.17) is 11.6 Å². The normalized spacial score (nSPS) is 12.0. The van der Waals surface area contributed by atoms with Crippen molar-refractivity contribution in [2.45, 2.75) is 18.8 Å². The summed E-state index contributed by atoms with van der Waals surface area (Å²) in [6, 6.07) is 9.30. The van der Waals surface area contributed by atoms with Crippen molar-refractivity contribution in [2.24, 2.45) is 0 Å². The predicted molar refractivity (Wildman–Crippen MR) is 78.2 cm³/mol. The van der Waals surface area contributed by atoms with Crippen LogP contribution in [0.2, 0.25) is 0 Å². The van der Waals surface area contributed by atoms with Crippen LogP contribution in [0.3, 0.4) is 0 Å². The van der Waals surface area contributed by atoms with Crippen molar-refractivity contribution < 1.29 is 13.6 Å². The summed E-state index contributed by atoms with van der Waals surface area (Å²) in [6.07, 6.45) is 0. The number of alkyl halides is 1. The lowest BCUT2D eigenvalue weighted by atomic mass is 10.1. The van der Waals surface area contributed by atoms with Crippen molar-refractivity contribution in [3.8, 4) is 0 Å². The van der Waals surface area contributed by atoms with Crippen LogP contribution in [-0.2, 0) is 5.88 Å². The zero-order valence-electron chi connectivity index (χ0n) is 11.4. The van der Waals surface area contributed by atoms with Gasteiger partial charge in [-0.25, -0.2) is 8.78 Å². The average molecular weight is 310 g/mol. The number of halogens is 3. The molecular weight excluding hydrogens is 296 g/mol. The molecule has 0 spiro atoms. The smallest absolute Gasteiger partial charge is 0.251 e. The minimum Gasteiger partial charge on any atom is -0.345 e. The third-order valence-electron chi connectivity index (χ3n) is 3.14. The predicted octanol–water partition coefficient (Wildman–Crippen LogP) is 4.19. The second kappa shape index (κ2) is 6.68. The Hall–Kier alpha value is -1.94. The van der Waals surface area contributed by atoms with Gasteiger partial charge in [0, 0.05) is 17.0 Å². The number of carbonyl (C=O) groups excluding carboxylic acids is 1. The van der Waals surface area contributed by atoms with Crippen LogP contribution in [0.25, 0.3) is 0 Å². The molecule has 0 bridgehead atoms. The van der Waals surface area contributed by atoms with Gasteiger partial charge in [0.1, 0.15) is 11.6 Å². The van der Waals surface area contributed by atoms with E-state index in [9.17, 15) is 13.6 Å². The number of rotatable bonds is 4. The molecule has 0 aliphatic heterocycles. The third kappa shape index (κ3) is 3.79. The first kappa shape index (κ1) is 15.4. The lowest BCUT2D eigenvalue weighted by Gasteiger charge is -2.15. The largest absolute Gasteiger partial charge is 0.345 e. The molecule has 0 saturated carbocycles. The molecule has 0 aliphatic carbocycles. The van der Waals surface area contributed by atoms with Gasteiger partial charge < -0.3 is 5.32 Å². The first-order valence-corrected chi connectivity index (χ1v) is 6.95. The van der Waals surface area contributed by atoms with Gasteiger partial charge in [0.15, 0.2) is 0 Å². The van der Waals surface area contributed by atoms with Crippen LogP contribution in [0.1, 0.15) is 34.5 Å². The summed E-state index contributed by atoms with van der Waals surface area (Å²) < 4.78 is 26.8. The Morgan fingerprint density at radius 2 is 1.86 bits per heavy atom. The quantitative estimate of drug-likeness (QED) is 0.843. The fourth-order valence-corrected chi connectivity index (χ4v) is 2.13. The van der Waals surface area contributed by atoms with Crippen molar-refractivity contribution in [3.63, 3.8) is 0 Å². The van der Waals surface area contributed by atoms with Gasteiger partial charge in [-0.1, -0.05) is 12.1 Å². The Labute approximate surface area is 126 Å². The van der Waals surface area contributed by atoms with Crippen molar-refractivity contribution >= 4 is 17.5 Å². The van der Waals surface area contributed by atoms with E-state index in [1.165, 1.54) is 0 Å². The summed E-state index contributed by atoms with van der Waals surface area (Å²) in [5.74, 6) is -1.08. The van der Waals surface area contributed by atoms with Crippen molar-refractivity contribution in [1.82, 2.24) is 5.32 Å². The maximum absolute atomic E-state index is 13.6. The maximum atomic E-state index is 13.6. The van der Waals surface area contributed by atoms with Gasteiger partial charge >= 0.3 is 0 Å². The van der Waals surface area contributed by atoms with Gasteiger partial charge in [0.05, 0.1) is 6.04 Å². The molecule has 0 aromatic heterocycles. The van der Waals surface area contributed by atoms with Crippen LogP contribution in [0.4, 0.5) is 8.78 Å². The molecule has 0 radical (unpaired) electrons. The molecule has 2 aromatic carbocycles. The van der Waals surface area contributed by atoms with Crippen LogP contribution in [0, 0.1) is 11.6 Å². The number of hydrogen-bond acceptors (Lipinski definition) is 1. The van der Waals surface area contributed by atoms with Crippen molar-refractivity contribution in [2.75, 3.05) is 0 Å². The summed E-state index contributed by atoms with van der Waals surface area (Å²) in [5.41, 5.74) is 1.45. The fraction of sp³-hybridized carbons (Fsp3) is 0.188. The molecule has 2 nitrogen and oxygen atoms in total. The van der Waals surface area contributed by atoms with E-state index < -0.39 is 17.7 Å². The van der Waals surface area contributed by atoms with Gasteiger partial charge in [-0.2, -0.15) is 0 Å². The van der Waals surface area contributed by atoms with Crippen molar-refractivity contribution in [3.05, 3.63) is 70.8 Å². The molecule has 5 heteroatoms. The summed E-state index contributed by atoms with van der Waals surface area (Å²) in [6.45, 7) is 1.60. The summed E-state index contributed by atoms with van der Waals surface area (Å²) in [5, 5.41) is 2.64. The third-order valence-corrected chi connectivity index (χ3v) is 3.45. The second-order valence-corrected chi connectivity index (χ2v) is 4.96. The Morgan fingerprint density at radius 1 is 1.19 bits per heavy atom. The summed E-state index contributed by atoms with van der Waals surface area (Å²) in [4.78, 5) is 12.1. The van der Waals surface area contributed by atoms with Crippen LogP contribution in [0.5, 0.6) is 0 Å². The van der Waals surface area contributed by atoms with Crippen LogP contribution >= 0.6 is 11.6 Å². The van der Waals surface area contributed by atoms with Crippen LogP contribution < -0.4 is 5.32 Å². The molecule has 1 N–H and O–H groups in total. The minimum atomic E-state index is -0.638. The molecule has 1 unspecified atom stereocenters. The minimum absolute atomic E-state index is 0.112. The van der Waals surface area contributed by atoms with E-state index in [1.54, 1.807) is 31.2 Å². The molecule has 1 amide bonds. The van der Waals surface area contributed by atoms with E-state index >= 15 is 0 Å². The fourth-order valence-electron chi connectivity index (χ4n) is 1.95. The number of amides is 1. The molecule has 0 saturated heterocycles. The molecular formula is C16H14ClF2NO. The number of nitrogens with one attached hydrogen (secondary N) is 1. The van der Waals surface area contributed by atoms with Gasteiger partial charge in [0.2, 0.25) is 0 Å². The van der Waals surface area contributed by atoms with Gasteiger partial charge in [-0.3, -0.25) is 4.79 Å². The van der Waals surface area contributed by atoms with E-state index in [2.05, 4.69) is 5.32 Å². The molecule has 0 fully saturated rings. The molecule has 2 rings (SSSR count). The highest BCUT2D eigenvalue weighted by Gasteiger charge is 2.15. The summed E-state index contributed by atoms with van der Waals surface area (Å²) >= 11 is 5.68. The SMILES string of the molecule is CC(NC(=O)c1ccc(CCl)cc1)c1cc(F)ccc1F. The Bertz CT molecular complexity index is 643. The van der Waals surface area contributed by atoms with E-state index in [-0.39, 0.29) is 11.5 Å². The highest BCUT2D eigenvalue weighted by atomic mass is 35.5. The molecule has 0 heterocycles. The molecule has 21 heavy (non-hydrogen) atoms. The standard InChI is InChI=1S/C16H14ClF2NO/c1-10(14-8-13(18)6-7-15(14)19)20-16(21)12-4-2-11(9-17)3-5-12/h2-8,10H,9H2,1H3,(H,20,21). The van der Waals surface area contributed by atoms with E-state index in [0.29, 0.717) is 11.4 Å². The van der Waals surface area contributed by atoms with Crippen molar-refractivity contribution in [1.29, 1.82) is 0 Å². The average Bonchev–Trinajstić information content (AvgIpc) is 2.49. The Kier molecular flexibility index (Phi) is 4.91. The van der Waals surface area contributed by atoms with Gasteiger partial charge in [-0.05, 0) is 42.8 Å². The number of benzene rings is 2. The highest BCUT2D eigenvalue weighted by molar-refractivity contribution is 6.17. The Balaban J connectivity index is 2.12. The second-order valence-electron chi connectivity index (χ2n) is 4.69. The maximum Gasteiger partial charge on any atom is 0.251 e. The number of carbonyl (C=O) groups is 1. The van der Waals surface area contributed by atoms with Gasteiger partial charge in [-0.15, -0.1) is 11.6 Å². The van der Waals surface area contributed by atoms with E-state index in [0.717, 1.165) is 23.8 Å². The first-order chi connectivity index (χ1) is 10.0. The summed E-state index contributed by atoms with van der Waals surface area (Å²) in [7, 11) is 0. The lowest BCUT2D eigenvalue weighted by molar-refractivity contribution is 0.0939. The molecule has 110 valence electrons. The zero-order chi connectivity index (χ0) is 15.4. The van der Waals surface area contributed by atoms with E-state index in [1.807, 2.05) is 0 Å². The first-order valence-electron chi connectivity index (χ1n) is 6.42. The monoisotopic (exact) mass is 309 g/mol. The van der Waals surface area contributed by atoms with Crippen LogP contribution in [-0.4, -0.2) is 5.91 Å². The highest BCUT2D eigenvalue weighted by Crippen LogP contribution is 2.18. The molecule has 2 aromatic rings. The molecule has 0 aliphatic rings. The van der Waals surface area contributed by atoms with Gasteiger partial charge in [0.25, 0.3) is 5.91 Å². The number of hydrogen-bond donors (Lipinski definition) is 1. The Morgan fingerprint density at radius 3 is 2.48 bits per heavy atom. The topological polar surface area (TPSA) is 29.1 Å². The lowest BCUT2D eigenvalue weighted by Crippen LogP contribution is -2.27.